The average molecular weight is 590 g/mol. The maximum Gasteiger partial charge on any atom is 0.410 e. The van der Waals surface area contributed by atoms with Crippen molar-refractivity contribution in [2.24, 2.45) is 21.6 Å². The lowest BCUT2D eigenvalue weighted by Gasteiger charge is -2.45. The minimum absolute atomic E-state index is 0.0443. The Bertz CT molecular complexity index is 1370. The summed E-state index contributed by atoms with van der Waals surface area (Å²) in [5, 5.41) is 16.6. The van der Waals surface area contributed by atoms with E-state index in [0.717, 1.165) is 16.2 Å². The topological polar surface area (TPSA) is 296 Å². The van der Waals surface area contributed by atoms with Gasteiger partial charge in [0.25, 0.3) is 11.8 Å². The lowest BCUT2D eigenvalue weighted by atomic mass is 9.97. The predicted octanol–water partition coefficient (Wildman–Crippen LogP) is -3.34. The van der Waals surface area contributed by atoms with Gasteiger partial charge in [0, 0.05) is 24.8 Å². The van der Waals surface area contributed by atoms with E-state index >= 15 is 0 Å². The van der Waals surface area contributed by atoms with Crippen molar-refractivity contribution in [2.75, 3.05) is 25.4 Å². The van der Waals surface area contributed by atoms with Crippen LogP contribution in [0.4, 0.5) is 9.93 Å². The van der Waals surface area contributed by atoms with Gasteiger partial charge in [0.2, 0.25) is 5.60 Å². The van der Waals surface area contributed by atoms with Crippen molar-refractivity contribution in [2.45, 2.75) is 36.6 Å². The number of carboxylic acid groups (broad SMARTS) is 1. The number of aromatic nitrogens is 1. The molecule has 0 radical (unpaired) electrons. The normalized spacial score (nSPS) is 24.0. The quantitative estimate of drug-likeness (QED) is 0.0483. The smallest absolute Gasteiger partial charge is 0.410 e. The highest BCUT2D eigenvalue weighted by molar-refractivity contribution is 7.84. The van der Waals surface area contributed by atoms with Gasteiger partial charge in [0.15, 0.2) is 16.8 Å². The fraction of sp³-hybridized carbons (Fsp3) is 0.500. The van der Waals surface area contributed by atoms with Crippen LogP contribution < -0.4 is 22.5 Å². The fourth-order valence-corrected chi connectivity index (χ4v) is 5.21. The van der Waals surface area contributed by atoms with Crippen LogP contribution in [0.15, 0.2) is 15.5 Å². The highest BCUT2D eigenvalue weighted by Crippen LogP contribution is 2.40. The maximum absolute atomic E-state index is 13.1. The molecule has 4 rings (SSSR count). The third kappa shape index (κ3) is 5.78. The number of hydrogen-bond acceptors (Lipinski definition) is 13. The number of hydrogen-bond donors (Lipinski definition) is 6. The molecule has 0 spiro atoms. The van der Waals surface area contributed by atoms with E-state index in [9.17, 15) is 37.3 Å². The van der Waals surface area contributed by atoms with E-state index in [1.54, 1.807) is 0 Å². The van der Waals surface area contributed by atoms with Crippen LogP contribution in [0.1, 0.15) is 18.5 Å². The molecule has 2 saturated heterocycles. The molecule has 3 heterocycles. The summed E-state index contributed by atoms with van der Waals surface area (Å²) in [7, 11) is -5.08. The third-order valence-electron chi connectivity index (χ3n) is 5.92. The van der Waals surface area contributed by atoms with Crippen LogP contribution in [-0.4, -0.2) is 111 Å². The van der Waals surface area contributed by atoms with Gasteiger partial charge in [-0.2, -0.15) is 8.42 Å². The molecule has 1 aliphatic carbocycles. The van der Waals surface area contributed by atoms with Gasteiger partial charge in [-0.05, 0) is 0 Å². The van der Waals surface area contributed by atoms with Crippen LogP contribution in [0, 0.1) is 0 Å². The molecule has 3 aliphatic rings. The van der Waals surface area contributed by atoms with Crippen LogP contribution in [-0.2, 0) is 34.3 Å². The molecule has 39 heavy (non-hydrogen) atoms. The first kappa shape index (κ1) is 27.8. The summed E-state index contributed by atoms with van der Waals surface area (Å²) in [5.41, 5.74) is 13.9. The Hall–Kier alpha value is -4.24. The van der Waals surface area contributed by atoms with Gasteiger partial charge in [0.05, 0.1) is 19.1 Å². The number of thiazole rings is 1. The summed E-state index contributed by atoms with van der Waals surface area (Å²) in [6, 6.07) is -3.00. The number of nitrogens with one attached hydrogen (secondary N) is 1. The number of ether oxygens (including phenoxy) is 1. The van der Waals surface area contributed by atoms with Crippen LogP contribution in [0.25, 0.3) is 0 Å². The molecule has 3 atom stereocenters. The summed E-state index contributed by atoms with van der Waals surface area (Å²) in [5.74, 6) is -3.83. The molecule has 2 aliphatic heterocycles. The molecule has 0 aromatic carbocycles. The summed E-state index contributed by atoms with van der Waals surface area (Å²) >= 11 is 0.940. The van der Waals surface area contributed by atoms with Crippen molar-refractivity contribution < 1.29 is 46.8 Å². The standard InChI is InChI=1S/C18H23N9O10S2/c19-15(20)22-3-7-4-26(17(32)36-7)5-9-11(13(29)27(9)39(33,34)35)24-12(28)10(8-6-38-16(21)23-8)25-37-18(1-2-18)14(30)31/h6-7,9,11H,1-5H2,(H2,21,23)(H,24,28)(H,30,31)(H4,19,20,22)(H,33,34,35). The van der Waals surface area contributed by atoms with Gasteiger partial charge in [-0.25, -0.2) is 23.9 Å². The zero-order valence-electron chi connectivity index (χ0n) is 19.8. The number of cyclic esters (lactones) is 1. The van der Waals surface area contributed by atoms with Gasteiger partial charge in [-0.1, -0.05) is 5.16 Å². The van der Waals surface area contributed by atoms with Crippen molar-refractivity contribution in [3.63, 3.8) is 0 Å². The molecule has 1 aromatic heterocycles. The number of guanidine groups is 1. The SMILES string of the molecule is NC(N)=NCC1CN(CC2C(NC(=O)C(=NOC3(C(=O)O)CC3)c3csc(N)n3)C(=O)N2S(=O)(=O)O)C(=O)O1. The summed E-state index contributed by atoms with van der Waals surface area (Å²) in [6.07, 6.45) is -1.37. The second-order valence-corrected chi connectivity index (χ2v) is 10.9. The van der Waals surface area contributed by atoms with Gasteiger partial charge in [-0.15, -0.1) is 11.3 Å². The summed E-state index contributed by atoms with van der Waals surface area (Å²) in [6.45, 7) is -0.636. The number of aliphatic carboxylic acids is 1. The first-order valence-electron chi connectivity index (χ1n) is 11.1. The molecule has 3 unspecified atom stereocenters. The van der Waals surface area contributed by atoms with Crippen LogP contribution in [0.2, 0.25) is 0 Å². The predicted molar refractivity (Wildman–Crippen MR) is 130 cm³/mol. The monoisotopic (exact) mass is 589 g/mol. The number of nitrogens with zero attached hydrogens (tertiary/aromatic N) is 5. The Balaban J connectivity index is 1.54. The zero-order valence-corrected chi connectivity index (χ0v) is 21.4. The first-order chi connectivity index (χ1) is 18.2. The molecule has 9 N–H and O–H groups in total. The highest BCUT2D eigenvalue weighted by atomic mass is 32.2. The van der Waals surface area contributed by atoms with E-state index in [4.69, 9.17) is 26.8 Å². The van der Waals surface area contributed by atoms with Gasteiger partial charge in [-0.3, -0.25) is 14.1 Å². The number of rotatable bonds is 11. The minimum atomic E-state index is -5.08. The summed E-state index contributed by atoms with van der Waals surface area (Å²) in [4.78, 5) is 63.3. The van der Waals surface area contributed by atoms with E-state index < -0.39 is 70.2 Å². The molecular weight excluding hydrogens is 566 g/mol. The number of carboxylic acids is 1. The Morgan fingerprint density at radius 3 is 2.56 bits per heavy atom. The van der Waals surface area contributed by atoms with E-state index in [2.05, 4.69) is 20.4 Å². The Morgan fingerprint density at radius 1 is 1.33 bits per heavy atom. The van der Waals surface area contributed by atoms with Gasteiger partial charge in [0.1, 0.15) is 17.8 Å². The number of carbonyl (C=O) groups excluding carboxylic acids is 3. The molecule has 0 bridgehead atoms. The largest absolute Gasteiger partial charge is 0.478 e. The minimum Gasteiger partial charge on any atom is -0.478 e. The van der Waals surface area contributed by atoms with Crippen LogP contribution in [0.3, 0.4) is 0 Å². The molecule has 19 nitrogen and oxygen atoms in total. The Morgan fingerprint density at radius 2 is 2.03 bits per heavy atom. The fourth-order valence-electron chi connectivity index (χ4n) is 3.79. The molecule has 3 amide bonds. The molecule has 1 saturated carbocycles. The maximum atomic E-state index is 13.1. The number of aliphatic imine (C=N–C) groups is 1. The molecule has 3 fully saturated rings. The first-order valence-corrected chi connectivity index (χ1v) is 13.3. The number of anilines is 1. The molecular formula is C18H23N9O10S2. The van der Waals surface area contributed by atoms with Crippen LogP contribution in [0.5, 0.6) is 0 Å². The van der Waals surface area contributed by atoms with E-state index in [1.807, 2.05) is 0 Å². The number of amides is 3. The van der Waals surface area contributed by atoms with Crippen molar-refractivity contribution >= 4 is 62.3 Å². The number of nitrogen functional groups attached to an aromatic ring is 1. The number of β-lactam (4-membered cyclic amide) rings is 1. The zero-order chi connectivity index (χ0) is 28.7. The third-order valence-corrected chi connectivity index (χ3v) is 7.55. The highest BCUT2D eigenvalue weighted by Gasteiger charge is 2.56. The van der Waals surface area contributed by atoms with E-state index in [-0.39, 0.29) is 47.0 Å². The van der Waals surface area contributed by atoms with Crippen LogP contribution >= 0.6 is 11.3 Å². The summed E-state index contributed by atoms with van der Waals surface area (Å²) < 4.78 is 38.5. The molecule has 212 valence electrons. The van der Waals surface area contributed by atoms with E-state index in [1.165, 1.54) is 5.38 Å². The second kappa shape index (κ2) is 10.1. The van der Waals surface area contributed by atoms with Crippen molar-refractivity contribution in [3.8, 4) is 0 Å². The van der Waals surface area contributed by atoms with Crippen molar-refractivity contribution in [3.05, 3.63) is 11.1 Å². The van der Waals surface area contributed by atoms with Crippen molar-refractivity contribution in [1.29, 1.82) is 0 Å². The lowest BCUT2D eigenvalue weighted by molar-refractivity contribution is -0.153. The Labute approximate surface area is 223 Å². The second-order valence-electron chi connectivity index (χ2n) is 8.71. The number of oxime groups is 1. The van der Waals surface area contributed by atoms with E-state index in [0.29, 0.717) is 0 Å². The average Bonchev–Trinajstić information content (AvgIpc) is 3.39. The number of carbonyl (C=O) groups is 4. The van der Waals surface area contributed by atoms with Crippen molar-refractivity contribution in [1.82, 2.24) is 19.5 Å². The lowest BCUT2D eigenvalue weighted by Crippen LogP contribution is -2.74. The molecule has 1 aromatic rings. The molecule has 21 heteroatoms. The number of nitrogens with two attached hydrogens (primary N) is 3. The Kier molecular flexibility index (Phi) is 7.23. The van der Waals surface area contributed by atoms with Gasteiger partial charge >= 0.3 is 22.4 Å². The van der Waals surface area contributed by atoms with Gasteiger partial charge < -0.3 is 42.1 Å².